The molecule has 0 spiro atoms. The maximum absolute atomic E-state index is 16.9. The molecule has 12 heteroatoms. The van der Waals surface area contributed by atoms with Gasteiger partial charge in [0.05, 0.1) is 11.2 Å². The minimum Gasteiger partial charge on any atom is -0.508 e. The summed E-state index contributed by atoms with van der Waals surface area (Å²) in [6.45, 7) is 7.77. The lowest BCUT2D eigenvalue weighted by Crippen LogP contribution is -2.50. The van der Waals surface area contributed by atoms with Crippen molar-refractivity contribution in [2.24, 2.45) is 0 Å². The van der Waals surface area contributed by atoms with Gasteiger partial charge in [-0.05, 0) is 75.4 Å². The number of pyridine rings is 1. The Bertz CT molecular complexity index is 2000. The standard InChI is InChI=1S/C37H38F3N5O4/c1-36(2,3)49-35(47)44-14-12-43(13-15-44)33-26-9-8-25(27-17-24(46)16-22-6-4-7-29(39)30(22)27)31(40)32(26)42-34(28(33)19-41)48-21-37-10-5-11-45(37)20-23(38)18-37/h4,6-9,16-17,23,46H,5,10-15,18,20-21H2,1-3H3/t23-,37+/m1/s1. The molecule has 0 bridgehead atoms. The molecule has 49 heavy (non-hydrogen) atoms. The van der Waals surface area contributed by atoms with Crippen LogP contribution >= 0.6 is 0 Å². The molecule has 1 N–H and O–H groups in total. The Morgan fingerprint density at radius 1 is 1.10 bits per heavy atom. The molecule has 3 aliphatic heterocycles. The summed E-state index contributed by atoms with van der Waals surface area (Å²) in [4.78, 5) is 23.0. The molecule has 2 atom stereocenters. The molecule has 0 unspecified atom stereocenters. The van der Waals surface area contributed by atoms with Crippen LogP contribution < -0.4 is 9.64 Å². The summed E-state index contributed by atoms with van der Waals surface area (Å²) in [5.74, 6) is -1.58. The van der Waals surface area contributed by atoms with Crippen molar-refractivity contribution in [3.63, 3.8) is 0 Å². The number of anilines is 1. The Hall–Kier alpha value is -4.76. The number of fused-ring (bicyclic) bond motifs is 3. The van der Waals surface area contributed by atoms with Crippen LogP contribution in [0.3, 0.4) is 0 Å². The molecule has 3 aromatic carbocycles. The van der Waals surface area contributed by atoms with E-state index >= 15 is 8.78 Å². The van der Waals surface area contributed by atoms with Crippen molar-refractivity contribution in [2.75, 3.05) is 50.8 Å². The predicted molar refractivity (Wildman–Crippen MR) is 180 cm³/mol. The second kappa shape index (κ2) is 12.3. The van der Waals surface area contributed by atoms with Gasteiger partial charge in [0, 0.05) is 55.5 Å². The number of rotatable bonds is 5. The van der Waals surface area contributed by atoms with Crippen LogP contribution in [0.1, 0.15) is 45.6 Å². The molecule has 256 valence electrons. The monoisotopic (exact) mass is 673 g/mol. The lowest BCUT2D eigenvalue weighted by Gasteiger charge is -2.37. The lowest BCUT2D eigenvalue weighted by atomic mass is 9.94. The lowest BCUT2D eigenvalue weighted by molar-refractivity contribution is 0.0240. The zero-order valence-electron chi connectivity index (χ0n) is 27.7. The summed E-state index contributed by atoms with van der Waals surface area (Å²) in [6.07, 6.45) is 0.499. The zero-order valence-corrected chi connectivity index (χ0v) is 27.7. The highest BCUT2D eigenvalue weighted by Gasteiger charge is 2.49. The molecule has 3 saturated heterocycles. The van der Waals surface area contributed by atoms with Crippen LogP contribution in [0.4, 0.5) is 23.7 Å². The fourth-order valence-electron chi connectivity index (χ4n) is 7.67. The van der Waals surface area contributed by atoms with Crippen molar-refractivity contribution in [2.45, 2.75) is 57.3 Å². The fraction of sp³-hybridized carbons (Fsp3) is 0.432. The summed E-state index contributed by atoms with van der Waals surface area (Å²) in [5, 5.41) is 21.9. The number of phenolic OH excluding ortho intramolecular Hbond substituents is 1. The highest BCUT2D eigenvalue weighted by Crippen LogP contribution is 2.44. The first-order chi connectivity index (χ1) is 23.4. The van der Waals surface area contributed by atoms with E-state index in [1.54, 1.807) is 37.8 Å². The molecule has 7 rings (SSSR count). The van der Waals surface area contributed by atoms with Crippen LogP contribution in [-0.2, 0) is 4.74 Å². The molecule has 3 fully saturated rings. The maximum Gasteiger partial charge on any atom is 0.410 e. The van der Waals surface area contributed by atoms with E-state index in [-0.39, 0.29) is 45.8 Å². The summed E-state index contributed by atoms with van der Waals surface area (Å²) in [5.41, 5.74) is -0.632. The Morgan fingerprint density at radius 2 is 1.88 bits per heavy atom. The van der Waals surface area contributed by atoms with Gasteiger partial charge in [0.2, 0.25) is 5.88 Å². The Morgan fingerprint density at radius 3 is 2.61 bits per heavy atom. The number of phenols is 1. The molecule has 1 amide bonds. The van der Waals surface area contributed by atoms with Gasteiger partial charge in [-0.15, -0.1) is 0 Å². The van der Waals surface area contributed by atoms with E-state index in [0.29, 0.717) is 55.6 Å². The number of aromatic nitrogens is 1. The van der Waals surface area contributed by atoms with Gasteiger partial charge in [0.15, 0.2) is 5.82 Å². The number of alkyl halides is 1. The second-order valence-corrected chi connectivity index (χ2v) is 14.2. The van der Waals surface area contributed by atoms with Crippen LogP contribution in [-0.4, -0.2) is 89.2 Å². The van der Waals surface area contributed by atoms with Gasteiger partial charge in [-0.3, -0.25) is 4.90 Å². The van der Waals surface area contributed by atoms with Gasteiger partial charge >= 0.3 is 6.09 Å². The first-order valence-corrected chi connectivity index (χ1v) is 16.6. The number of nitriles is 1. The number of carbonyl (C=O) groups excluding carboxylic acids is 1. The molecule has 4 aromatic rings. The SMILES string of the molecule is CC(C)(C)OC(=O)N1CCN(c2c(C#N)c(OC[C@@]34CCCN3C[C@H](F)C4)nc3c(F)c(-c4cc(O)cc5cccc(F)c45)ccc23)CC1. The van der Waals surface area contributed by atoms with E-state index in [2.05, 4.69) is 16.0 Å². The molecule has 9 nitrogen and oxygen atoms in total. The third-order valence-corrected chi connectivity index (χ3v) is 9.83. The van der Waals surface area contributed by atoms with Crippen molar-refractivity contribution in [3.8, 4) is 28.8 Å². The number of nitrogens with zero attached hydrogens (tertiary/aromatic N) is 5. The number of halogens is 3. The molecule has 0 saturated carbocycles. The second-order valence-electron chi connectivity index (χ2n) is 14.2. The quantitative estimate of drug-likeness (QED) is 0.244. The van der Waals surface area contributed by atoms with E-state index < -0.39 is 35.0 Å². The van der Waals surface area contributed by atoms with Crippen molar-refractivity contribution >= 4 is 33.5 Å². The third-order valence-electron chi connectivity index (χ3n) is 9.83. The summed E-state index contributed by atoms with van der Waals surface area (Å²) in [7, 11) is 0. The number of amides is 1. The highest BCUT2D eigenvalue weighted by atomic mass is 19.1. The van der Waals surface area contributed by atoms with Gasteiger partial charge in [-0.2, -0.15) is 5.26 Å². The Labute approximate surface area is 282 Å². The number of hydrogen-bond donors (Lipinski definition) is 1. The maximum atomic E-state index is 16.9. The van der Waals surface area contributed by atoms with Crippen molar-refractivity contribution in [3.05, 3.63) is 59.7 Å². The number of carbonyl (C=O) groups is 1. The van der Waals surface area contributed by atoms with Crippen molar-refractivity contribution < 1.29 is 32.5 Å². The minimum absolute atomic E-state index is 0.0129. The third kappa shape index (κ3) is 5.94. The van der Waals surface area contributed by atoms with E-state index in [0.717, 1.165) is 19.4 Å². The number of ether oxygens (including phenoxy) is 2. The van der Waals surface area contributed by atoms with Gasteiger partial charge < -0.3 is 24.4 Å². The first-order valence-electron chi connectivity index (χ1n) is 16.6. The van der Waals surface area contributed by atoms with Crippen LogP contribution in [0.25, 0.3) is 32.8 Å². The van der Waals surface area contributed by atoms with E-state index in [1.807, 2.05) is 4.90 Å². The average molecular weight is 674 g/mol. The molecular formula is C37H38F3N5O4. The number of benzene rings is 3. The topological polar surface area (TPSA) is 102 Å². The Kier molecular flexibility index (Phi) is 8.22. The zero-order chi connectivity index (χ0) is 34.7. The van der Waals surface area contributed by atoms with Gasteiger partial charge in [-0.25, -0.2) is 22.9 Å². The van der Waals surface area contributed by atoms with Crippen LogP contribution in [0, 0.1) is 23.0 Å². The number of aromatic hydroxyl groups is 1. The average Bonchev–Trinajstić information content (AvgIpc) is 3.58. The molecule has 1 aromatic heterocycles. The van der Waals surface area contributed by atoms with Gasteiger partial charge in [-0.1, -0.05) is 18.2 Å². The normalized spacial score (nSPS) is 21.3. The van der Waals surface area contributed by atoms with Gasteiger partial charge in [0.25, 0.3) is 0 Å². The predicted octanol–water partition coefficient (Wildman–Crippen LogP) is 6.92. The first kappa shape index (κ1) is 32.8. The van der Waals surface area contributed by atoms with Crippen molar-refractivity contribution in [1.29, 1.82) is 5.26 Å². The summed E-state index contributed by atoms with van der Waals surface area (Å²) >= 11 is 0. The molecule has 0 aliphatic carbocycles. The van der Waals surface area contributed by atoms with Crippen LogP contribution in [0.2, 0.25) is 0 Å². The van der Waals surface area contributed by atoms with E-state index in [9.17, 15) is 19.6 Å². The van der Waals surface area contributed by atoms with Crippen LogP contribution in [0.15, 0.2) is 42.5 Å². The van der Waals surface area contributed by atoms with E-state index in [1.165, 1.54) is 30.3 Å². The van der Waals surface area contributed by atoms with E-state index in [4.69, 9.17) is 9.47 Å². The number of piperazine rings is 1. The molecule has 3 aliphatic rings. The fourth-order valence-corrected chi connectivity index (χ4v) is 7.67. The molecule has 0 radical (unpaired) electrons. The van der Waals surface area contributed by atoms with Gasteiger partial charge in [0.1, 0.15) is 47.1 Å². The highest BCUT2D eigenvalue weighted by molar-refractivity contribution is 6.03. The smallest absolute Gasteiger partial charge is 0.410 e. The molecule has 4 heterocycles. The summed E-state index contributed by atoms with van der Waals surface area (Å²) < 4.78 is 58.5. The number of hydrogen-bond acceptors (Lipinski definition) is 8. The molecular weight excluding hydrogens is 635 g/mol. The van der Waals surface area contributed by atoms with Crippen molar-refractivity contribution in [1.82, 2.24) is 14.8 Å². The minimum atomic E-state index is -0.988. The Balaban J connectivity index is 1.34. The summed E-state index contributed by atoms with van der Waals surface area (Å²) in [6, 6.07) is 12.5. The van der Waals surface area contributed by atoms with Crippen LogP contribution in [0.5, 0.6) is 11.6 Å². The largest absolute Gasteiger partial charge is 0.508 e.